The van der Waals surface area contributed by atoms with Gasteiger partial charge in [-0.25, -0.2) is 0 Å². The summed E-state index contributed by atoms with van der Waals surface area (Å²) >= 11 is 3.83. The van der Waals surface area contributed by atoms with Crippen LogP contribution in [0.5, 0.6) is 0 Å². The lowest BCUT2D eigenvalue weighted by molar-refractivity contribution is 1.20. The molecular weight excluding hydrogens is 164 g/mol. The van der Waals surface area contributed by atoms with E-state index in [-0.39, 0.29) is 0 Å². The lowest BCUT2D eigenvalue weighted by Gasteiger charge is -2.14. The van der Waals surface area contributed by atoms with E-state index in [0.29, 0.717) is 0 Å². The molecule has 2 nitrogen and oxygen atoms in total. The van der Waals surface area contributed by atoms with Crippen molar-refractivity contribution in [3.8, 4) is 0 Å². The Bertz CT molecular complexity index is 164. The molecule has 54 valence electrons. The van der Waals surface area contributed by atoms with Crippen LogP contribution in [0.15, 0.2) is 10.2 Å². The van der Waals surface area contributed by atoms with Gasteiger partial charge in [-0.2, -0.15) is 10.2 Å². The van der Waals surface area contributed by atoms with Gasteiger partial charge in [-0.05, 0) is 0 Å². The zero-order chi connectivity index (χ0) is 6.81. The monoisotopic (exact) mass is 172 g/mol. The molecule has 2 rings (SSSR count). The molecule has 2 aliphatic heterocycles. The Kier molecular flexibility index (Phi) is 2.00. The molecule has 2 aliphatic rings. The second-order valence-electron chi connectivity index (χ2n) is 2.32. The van der Waals surface area contributed by atoms with Crippen LogP contribution in [0.1, 0.15) is 0 Å². The van der Waals surface area contributed by atoms with Crippen LogP contribution in [0.25, 0.3) is 0 Å². The summed E-state index contributed by atoms with van der Waals surface area (Å²) in [6.07, 6.45) is 0. The maximum atomic E-state index is 4.12. The predicted octanol–water partition coefficient (Wildman–Crippen LogP) is 1.28. The quantitative estimate of drug-likeness (QED) is 0.556. The van der Waals surface area contributed by atoms with Crippen LogP contribution in [0.2, 0.25) is 0 Å². The van der Waals surface area contributed by atoms with E-state index in [9.17, 15) is 0 Å². The van der Waals surface area contributed by atoms with E-state index in [2.05, 4.69) is 10.2 Å². The number of nitrogens with zero attached hydrogens (tertiary/aromatic N) is 2. The first kappa shape index (κ1) is 6.73. The Hall–Kier alpha value is 0.0400. The smallest absolute Gasteiger partial charge is 0.0603 e. The first-order valence-corrected chi connectivity index (χ1v) is 5.53. The fourth-order valence-electron chi connectivity index (χ4n) is 0.644. The van der Waals surface area contributed by atoms with Gasteiger partial charge >= 0.3 is 0 Å². The van der Waals surface area contributed by atoms with Crippen LogP contribution in [0.4, 0.5) is 0 Å². The molecule has 0 atom stereocenters. The highest BCUT2D eigenvalue weighted by molar-refractivity contribution is 8.03. The standard InChI is InChI=1S/C6H8N2S2/c1-5(2-9-1)7-8-6-3-10-4-6/h1-4H2. The Labute approximate surface area is 68.6 Å². The topological polar surface area (TPSA) is 24.7 Å². The van der Waals surface area contributed by atoms with Gasteiger partial charge in [0.15, 0.2) is 0 Å². The van der Waals surface area contributed by atoms with E-state index >= 15 is 0 Å². The second kappa shape index (κ2) is 2.96. The van der Waals surface area contributed by atoms with Crippen LogP contribution in [-0.4, -0.2) is 34.4 Å². The van der Waals surface area contributed by atoms with Crippen molar-refractivity contribution in [1.82, 2.24) is 0 Å². The first-order chi connectivity index (χ1) is 4.95. The van der Waals surface area contributed by atoms with Gasteiger partial charge in [0.25, 0.3) is 0 Å². The molecule has 0 saturated carbocycles. The summed E-state index contributed by atoms with van der Waals surface area (Å²) in [5.41, 5.74) is 2.52. The van der Waals surface area contributed by atoms with Gasteiger partial charge in [0.2, 0.25) is 0 Å². The number of hydrogen-bond acceptors (Lipinski definition) is 4. The molecule has 0 unspecified atom stereocenters. The molecule has 2 fully saturated rings. The Morgan fingerprint density at radius 3 is 1.40 bits per heavy atom. The minimum Gasteiger partial charge on any atom is -0.158 e. The molecule has 0 amide bonds. The average molecular weight is 172 g/mol. The number of thioether (sulfide) groups is 2. The van der Waals surface area contributed by atoms with Crippen LogP contribution < -0.4 is 0 Å². The second-order valence-corrected chi connectivity index (χ2v) is 4.29. The van der Waals surface area contributed by atoms with Crippen molar-refractivity contribution in [3.63, 3.8) is 0 Å². The SMILES string of the molecule is C1SCC1=NN=C1CSC1. The molecule has 2 saturated heterocycles. The molecule has 10 heavy (non-hydrogen) atoms. The summed E-state index contributed by atoms with van der Waals surface area (Å²) in [6, 6.07) is 0. The first-order valence-electron chi connectivity index (χ1n) is 3.22. The van der Waals surface area contributed by atoms with Gasteiger partial charge in [-0.15, -0.1) is 23.5 Å². The molecule has 0 aromatic carbocycles. The summed E-state index contributed by atoms with van der Waals surface area (Å²) in [7, 11) is 0. The van der Waals surface area contributed by atoms with Gasteiger partial charge < -0.3 is 0 Å². The number of rotatable bonds is 1. The fraction of sp³-hybridized carbons (Fsp3) is 0.667. The Morgan fingerprint density at radius 2 is 1.20 bits per heavy atom. The fourth-order valence-corrected chi connectivity index (χ4v) is 1.65. The largest absolute Gasteiger partial charge is 0.158 e. The average Bonchev–Trinajstić information content (AvgIpc) is 1.70. The third kappa shape index (κ3) is 1.37. The summed E-state index contributed by atoms with van der Waals surface area (Å²) < 4.78 is 0. The third-order valence-corrected chi connectivity index (χ3v) is 3.56. The van der Waals surface area contributed by atoms with Crippen LogP contribution in [0.3, 0.4) is 0 Å². The summed E-state index contributed by atoms with van der Waals surface area (Å²) in [6.45, 7) is 0. The normalized spacial score (nSPS) is 23.2. The lowest BCUT2D eigenvalue weighted by Crippen LogP contribution is -2.19. The molecule has 0 bridgehead atoms. The van der Waals surface area contributed by atoms with Crippen LogP contribution in [-0.2, 0) is 0 Å². The summed E-state index contributed by atoms with van der Waals surface area (Å²) in [4.78, 5) is 0. The molecular formula is C6H8N2S2. The molecule has 4 heteroatoms. The van der Waals surface area contributed by atoms with Crippen molar-refractivity contribution in [2.75, 3.05) is 23.0 Å². The molecule has 0 aromatic rings. The third-order valence-electron chi connectivity index (χ3n) is 1.41. The predicted molar refractivity (Wildman–Crippen MR) is 49.5 cm³/mol. The van der Waals surface area contributed by atoms with Crippen molar-refractivity contribution < 1.29 is 0 Å². The molecule has 0 spiro atoms. The highest BCUT2D eigenvalue weighted by Crippen LogP contribution is 2.17. The zero-order valence-corrected chi connectivity index (χ0v) is 7.17. The minimum atomic E-state index is 1.10. The van der Waals surface area contributed by atoms with Crippen molar-refractivity contribution >= 4 is 34.9 Å². The molecule has 2 heterocycles. The van der Waals surface area contributed by atoms with Gasteiger partial charge in [0.05, 0.1) is 11.4 Å². The van der Waals surface area contributed by atoms with Crippen molar-refractivity contribution in [1.29, 1.82) is 0 Å². The van der Waals surface area contributed by atoms with Crippen molar-refractivity contribution in [3.05, 3.63) is 0 Å². The highest BCUT2D eigenvalue weighted by atomic mass is 32.2. The van der Waals surface area contributed by atoms with Crippen LogP contribution in [0, 0.1) is 0 Å². The maximum Gasteiger partial charge on any atom is 0.0603 e. The van der Waals surface area contributed by atoms with Gasteiger partial charge in [-0.3, -0.25) is 0 Å². The van der Waals surface area contributed by atoms with E-state index in [4.69, 9.17) is 0 Å². The minimum absolute atomic E-state index is 1.10. The van der Waals surface area contributed by atoms with Crippen molar-refractivity contribution in [2.45, 2.75) is 0 Å². The highest BCUT2D eigenvalue weighted by Gasteiger charge is 2.12. The van der Waals surface area contributed by atoms with Crippen molar-refractivity contribution in [2.24, 2.45) is 10.2 Å². The van der Waals surface area contributed by atoms with E-state index in [0.717, 1.165) is 23.0 Å². The maximum absolute atomic E-state index is 4.12. The van der Waals surface area contributed by atoms with E-state index < -0.39 is 0 Å². The molecule has 0 radical (unpaired) electrons. The van der Waals surface area contributed by atoms with E-state index in [1.165, 1.54) is 11.4 Å². The summed E-state index contributed by atoms with van der Waals surface area (Å²) in [5.74, 6) is 4.40. The Balaban J connectivity index is 1.89. The van der Waals surface area contributed by atoms with Gasteiger partial charge in [-0.1, -0.05) is 0 Å². The van der Waals surface area contributed by atoms with E-state index in [1.54, 1.807) is 0 Å². The summed E-state index contributed by atoms with van der Waals surface area (Å²) in [5, 5.41) is 8.24. The lowest BCUT2D eigenvalue weighted by atomic mass is 10.5. The van der Waals surface area contributed by atoms with Gasteiger partial charge in [0, 0.05) is 23.0 Å². The molecule has 0 aliphatic carbocycles. The molecule has 0 N–H and O–H groups in total. The van der Waals surface area contributed by atoms with Gasteiger partial charge in [0.1, 0.15) is 0 Å². The zero-order valence-electron chi connectivity index (χ0n) is 5.54. The Morgan fingerprint density at radius 1 is 0.800 bits per heavy atom. The molecule has 0 aromatic heterocycles. The van der Waals surface area contributed by atoms with Crippen LogP contribution >= 0.6 is 23.5 Å². The number of hydrogen-bond donors (Lipinski definition) is 0. The van der Waals surface area contributed by atoms with E-state index in [1.807, 2.05) is 23.5 Å².